The zero-order valence-electron chi connectivity index (χ0n) is 16.9. The number of nitrogens with zero attached hydrogens (tertiary/aromatic N) is 1. The van der Waals surface area contributed by atoms with E-state index in [-0.39, 0.29) is 29.5 Å². The molecule has 2 N–H and O–H groups in total. The highest BCUT2D eigenvalue weighted by Crippen LogP contribution is 2.30. The summed E-state index contributed by atoms with van der Waals surface area (Å²) in [5.41, 5.74) is 0.450. The minimum Gasteiger partial charge on any atom is -0.488 e. The van der Waals surface area contributed by atoms with Crippen molar-refractivity contribution >= 4 is 30.1 Å². The van der Waals surface area contributed by atoms with Crippen LogP contribution in [0.25, 0.3) is 0 Å². The fraction of sp³-hybridized carbons (Fsp3) is 0.300. The molecule has 2 aromatic carbocycles. The van der Waals surface area contributed by atoms with E-state index in [9.17, 15) is 28.3 Å². The summed E-state index contributed by atoms with van der Waals surface area (Å²) < 4.78 is 51.4. The maximum absolute atomic E-state index is 12.5. The number of halogens is 4. The van der Waals surface area contributed by atoms with E-state index < -0.39 is 30.7 Å². The van der Waals surface area contributed by atoms with Crippen LogP contribution in [0.15, 0.2) is 30.3 Å². The van der Waals surface area contributed by atoms with Gasteiger partial charge in [-0.15, -0.1) is 13.2 Å². The predicted molar refractivity (Wildman–Crippen MR) is 109 cm³/mol. The normalized spacial score (nSPS) is 14.9. The van der Waals surface area contributed by atoms with Gasteiger partial charge in [0.1, 0.15) is 18.1 Å². The average molecular weight is 469 g/mol. The molecule has 0 saturated heterocycles. The molecule has 32 heavy (non-hydrogen) atoms. The van der Waals surface area contributed by atoms with E-state index in [1.807, 2.05) is 6.07 Å². The van der Waals surface area contributed by atoms with Crippen LogP contribution in [0.1, 0.15) is 28.4 Å². The maximum Gasteiger partial charge on any atom is 0.573 e. The molecule has 168 valence electrons. The summed E-state index contributed by atoms with van der Waals surface area (Å²) in [6, 6.07) is 7.83. The molecular formula is C20H17BClF3N2O5. The fourth-order valence-corrected chi connectivity index (χ4v) is 3.39. The minimum absolute atomic E-state index is 0.0210. The predicted octanol–water partition coefficient (Wildman–Crippen LogP) is 2.86. The Hall–Kier alpha value is -2.94. The number of nitrogens with one attached hydrogen (secondary N) is 1. The van der Waals surface area contributed by atoms with E-state index in [0.717, 1.165) is 35.4 Å². The van der Waals surface area contributed by atoms with Gasteiger partial charge in [0.25, 0.3) is 5.91 Å². The standard InChI is InChI=1S/C20H17BClF3N2O5/c1-11-7-15(17(22)16-14(11)8-31-21(16)29)30-10-19(2,9-26)27-18(28)12-3-5-13(6-4-12)32-20(23,24)25/h3-7,29H,8,10H2,1-2H3,(H,27,28)/t19-/m0/s1. The van der Waals surface area contributed by atoms with Gasteiger partial charge < -0.3 is 24.5 Å². The number of fused-ring (bicyclic) bond motifs is 1. The van der Waals surface area contributed by atoms with Crippen molar-refractivity contribution in [3.8, 4) is 17.6 Å². The van der Waals surface area contributed by atoms with Crippen molar-refractivity contribution in [1.82, 2.24) is 5.32 Å². The zero-order valence-corrected chi connectivity index (χ0v) is 17.7. The number of ether oxygens (including phenoxy) is 2. The Kier molecular flexibility index (Phi) is 6.60. The van der Waals surface area contributed by atoms with Crippen molar-refractivity contribution in [3.05, 3.63) is 52.0 Å². The Labute approximate surface area is 186 Å². The van der Waals surface area contributed by atoms with Crippen LogP contribution in [-0.4, -0.2) is 36.6 Å². The molecule has 0 unspecified atom stereocenters. The Morgan fingerprint density at radius 1 is 1.38 bits per heavy atom. The van der Waals surface area contributed by atoms with Gasteiger partial charge >= 0.3 is 13.5 Å². The van der Waals surface area contributed by atoms with Gasteiger partial charge in [-0.2, -0.15) is 5.26 Å². The van der Waals surface area contributed by atoms with E-state index in [2.05, 4.69) is 10.1 Å². The smallest absolute Gasteiger partial charge is 0.488 e. The average Bonchev–Trinajstić information content (AvgIpc) is 3.11. The third-order valence-corrected chi connectivity index (χ3v) is 5.13. The molecule has 1 aliphatic rings. The van der Waals surface area contributed by atoms with Gasteiger partial charge in [0.2, 0.25) is 0 Å². The van der Waals surface area contributed by atoms with Crippen molar-refractivity contribution in [1.29, 1.82) is 5.26 Å². The molecule has 0 bridgehead atoms. The summed E-state index contributed by atoms with van der Waals surface area (Å²) in [6.45, 7) is 3.12. The Balaban J connectivity index is 1.70. The summed E-state index contributed by atoms with van der Waals surface area (Å²) in [5, 5.41) is 22.2. The first kappa shape index (κ1) is 23.7. The highest BCUT2D eigenvalue weighted by molar-refractivity contribution is 6.65. The second kappa shape index (κ2) is 8.90. The quantitative estimate of drug-likeness (QED) is 0.633. The number of benzene rings is 2. The maximum atomic E-state index is 12.5. The summed E-state index contributed by atoms with van der Waals surface area (Å²) in [4.78, 5) is 12.5. The van der Waals surface area contributed by atoms with Crippen LogP contribution in [0, 0.1) is 18.3 Å². The molecule has 0 saturated carbocycles. The molecule has 12 heteroatoms. The molecule has 0 aromatic heterocycles. The van der Waals surface area contributed by atoms with Crippen LogP contribution in [0.3, 0.4) is 0 Å². The highest BCUT2D eigenvalue weighted by Gasteiger charge is 2.34. The largest absolute Gasteiger partial charge is 0.573 e. The number of aryl methyl sites for hydroxylation is 1. The van der Waals surface area contributed by atoms with Crippen LogP contribution in [0.2, 0.25) is 5.02 Å². The lowest BCUT2D eigenvalue weighted by Gasteiger charge is -2.24. The molecule has 0 radical (unpaired) electrons. The number of carbonyl (C=O) groups excluding carboxylic acids is 1. The van der Waals surface area contributed by atoms with Crippen LogP contribution >= 0.6 is 11.6 Å². The van der Waals surface area contributed by atoms with Gasteiger partial charge in [0.05, 0.1) is 17.7 Å². The number of amides is 1. The van der Waals surface area contributed by atoms with E-state index in [0.29, 0.717) is 5.46 Å². The first-order chi connectivity index (χ1) is 14.9. The third-order valence-electron chi connectivity index (χ3n) is 4.74. The lowest BCUT2D eigenvalue weighted by Crippen LogP contribution is -2.49. The van der Waals surface area contributed by atoms with Gasteiger partial charge in [-0.3, -0.25) is 4.79 Å². The van der Waals surface area contributed by atoms with Gasteiger partial charge in [0.15, 0.2) is 5.54 Å². The first-order valence-electron chi connectivity index (χ1n) is 9.26. The van der Waals surface area contributed by atoms with E-state index in [1.54, 1.807) is 13.0 Å². The van der Waals surface area contributed by atoms with E-state index in [1.165, 1.54) is 6.92 Å². The summed E-state index contributed by atoms with van der Waals surface area (Å²) in [5.74, 6) is -0.971. The molecular weight excluding hydrogens is 451 g/mol. The van der Waals surface area contributed by atoms with Crippen molar-refractivity contribution in [2.24, 2.45) is 0 Å². The SMILES string of the molecule is Cc1cc(OC[C@](C)(C#N)NC(=O)c2ccc(OC(F)(F)F)cc2)c(Cl)c2c1COB2O. The minimum atomic E-state index is -4.85. The Bertz CT molecular complexity index is 1070. The van der Waals surface area contributed by atoms with E-state index >= 15 is 0 Å². The molecule has 1 amide bonds. The second-order valence-corrected chi connectivity index (χ2v) is 7.70. The molecule has 1 aliphatic heterocycles. The molecule has 3 rings (SSSR count). The molecule has 1 heterocycles. The fourth-order valence-electron chi connectivity index (χ4n) is 3.07. The van der Waals surface area contributed by atoms with Gasteiger partial charge in [-0.25, -0.2) is 0 Å². The molecule has 0 aliphatic carbocycles. The third kappa shape index (κ3) is 5.27. The number of hydrogen-bond donors (Lipinski definition) is 2. The van der Waals surface area contributed by atoms with Crippen LogP contribution in [0.4, 0.5) is 13.2 Å². The second-order valence-electron chi connectivity index (χ2n) is 7.32. The molecule has 7 nitrogen and oxygen atoms in total. The van der Waals surface area contributed by atoms with Crippen LogP contribution < -0.4 is 20.3 Å². The first-order valence-corrected chi connectivity index (χ1v) is 9.64. The van der Waals surface area contributed by atoms with Gasteiger partial charge in [0, 0.05) is 11.0 Å². The lowest BCUT2D eigenvalue weighted by atomic mass is 9.78. The monoisotopic (exact) mass is 468 g/mol. The highest BCUT2D eigenvalue weighted by atomic mass is 35.5. The molecule has 0 fully saturated rings. The van der Waals surface area contributed by atoms with Gasteiger partial charge in [-0.05, 0) is 55.3 Å². The number of nitriles is 1. The van der Waals surface area contributed by atoms with E-state index in [4.69, 9.17) is 21.0 Å². The van der Waals surface area contributed by atoms with Gasteiger partial charge in [-0.1, -0.05) is 11.6 Å². The molecule has 1 atom stereocenters. The lowest BCUT2D eigenvalue weighted by molar-refractivity contribution is -0.274. The van der Waals surface area contributed by atoms with Crippen molar-refractivity contribution in [3.63, 3.8) is 0 Å². The zero-order chi connectivity index (χ0) is 23.7. The summed E-state index contributed by atoms with van der Waals surface area (Å²) in [6.07, 6.45) is -4.85. The van der Waals surface area contributed by atoms with Crippen molar-refractivity contribution in [2.75, 3.05) is 6.61 Å². The Morgan fingerprint density at radius 3 is 2.62 bits per heavy atom. The van der Waals surface area contributed by atoms with Crippen molar-refractivity contribution < 1.29 is 37.1 Å². The topological polar surface area (TPSA) is 101 Å². The summed E-state index contributed by atoms with van der Waals surface area (Å²) >= 11 is 6.33. The Morgan fingerprint density at radius 2 is 2.03 bits per heavy atom. The number of hydrogen-bond acceptors (Lipinski definition) is 6. The number of carbonyl (C=O) groups is 1. The number of alkyl halides is 3. The van der Waals surface area contributed by atoms with Crippen LogP contribution in [-0.2, 0) is 11.3 Å². The summed E-state index contributed by atoms with van der Waals surface area (Å²) in [7, 11) is -1.19. The number of rotatable bonds is 6. The molecule has 0 spiro atoms. The van der Waals surface area contributed by atoms with Crippen LogP contribution in [0.5, 0.6) is 11.5 Å². The molecule has 2 aromatic rings. The van der Waals surface area contributed by atoms with Crippen molar-refractivity contribution in [2.45, 2.75) is 32.4 Å².